The van der Waals surface area contributed by atoms with Crippen molar-refractivity contribution in [2.24, 2.45) is 0 Å². The Labute approximate surface area is 125 Å². The summed E-state index contributed by atoms with van der Waals surface area (Å²) in [7, 11) is 0. The Morgan fingerprint density at radius 2 is 1.90 bits per heavy atom. The molecule has 0 amide bonds. The Bertz CT molecular complexity index is 490. The van der Waals surface area contributed by atoms with Crippen molar-refractivity contribution < 1.29 is 4.74 Å². The third-order valence-electron chi connectivity index (χ3n) is 4.21. The molecule has 0 bridgehead atoms. The van der Waals surface area contributed by atoms with E-state index in [0.29, 0.717) is 30.5 Å². The zero-order valence-electron chi connectivity index (χ0n) is 12.8. The number of rotatable bonds is 3. The summed E-state index contributed by atoms with van der Waals surface area (Å²) in [6.07, 6.45) is 3.55. The summed E-state index contributed by atoms with van der Waals surface area (Å²) in [5.74, 6) is 1.70. The highest BCUT2D eigenvalue weighted by molar-refractivity contribution is 5.45. The molecule has 3 rings (SSSR count). The highest BCUT2D eigenvalue weighted by Crippen LogP contribution is 2.24. The largest absolute Gasteiger partial charge is 0.375 e. The lowest BCUT2D eigenvalue weighted by Gasteiger charge is -2.38. The molecule has 1 aromatic rings. The summed E-state index contributed by atoms with van der Waals surface area (Å²) >= 11 is 0. The molecule has 2 N–H and O–H groups in total. The number of nitrogens with two attached hydrogens (primary N) is 1. The van der Waals surface area contributed by atoms with Gasteiger partial charge in [0.05, 0.1) is 18.8 Å². The smallest absolute Gasteiger partial charge is 0.232 e. The highest BCUT2D eigenvalue weighted by atomic mass is 16.5. The van der Waals surface area contributed by atoms with Gasteiger partial charge in [-0.2, -0.15) is 15.0 Å². The van der Waals surface area contributed by atoms with Crippen LogP contribution >= 0.6 is 0 Å². The van der Waals surface area contributed by atoms with Crippen molar-refractivity contribution in [1.82, 2.24) is 15.0 Å². The van der Waals surface area contributed by atoms with Crippen LogP contribution in [0, 0.1) is 0 Å². The van der Waals surface area contributed by atoms with Gasteiger partial charge in [0.2, 0.25) is 17.8 Å². The lowest BCUT2D eigenvalue weighted by Crippen LogP contribution is -2.49. The summed E-state index contributed by atoms with van der Waals surface area (Å²) < 4.78 is 5.74. The van der Waals surface area contributed by atoms with E-state index in [4.69, 9.17) is 10.5 Å². The second-order valence-corrected chi connectivity index (χ2v) is 5.85. The SMILES string of the molecule is CCC1COC(C)CN1c1nc(N)nc(N2CCCC2)n1. The van der Waals surface area contributed by atoms with Gasteiger partial charge < -0.3 is 20.3 Å². The van der Waals surface area contributed by atoms with Crippen LogP contribution in [0.15, 0.2) is 0 Å². The van der Waals surface area contributed by atoms with Crippen molar-refractivity contribution in [3.8, 4) is 0 Å². The third-order valence-corrected chi connectivity index (χ3v) is 4.21. The fourth-order valence-corrected chi connectivity index (χ4v) is 2.98. The van der Waals surface area contributed by atoms with Crippen LogP contribution in [-0.4, -0.2) is 53.3 Å². The second kappa shape index (κ2) is 6.01. The first kappa shape index (κ1) is 14.3. The molecule has 7 nitrogen and oxygen atoms in total. The molecule has 7 heteroatoms. The lowest BCUT2D eigenvalue weighted by molar-refractivity contribution is 0.0292. The van der Waals surface area contributed by atoms with Crippen molar-refractivity contribution in [1.29, 1.82) is 0 Å². The molecule has 2 saturated heterocycles. The van der Waals surface area contributed by atoms with Crippen molar-refractivity contribution in [2.45, 2.75) is 45.3 Å². The fraction of sp³-hybridized carbons (Fsp3) is 0.786. The zero-order chi connectivity index (χ0) is 14.8. The molecule has 21 heavy (non-hydrogen) atoms. The Morgan fingerprint density at radius 3 is 2.62 bits per heavy atom. The molecule has 0 spiro atoms. The van der Waals surface area contributed by atoms with E-state index in [0.717, 1.165) is 26.1 Å². The molecule has 2 atom stereocenters. The summed E-state index contributed by atoms with van der Waals surface area (Å²) in [6.45, 7) is 7.73. The van der Waals surface area contributed by atoms with Crippen molar-refractivity contribution in [2.75, 3.05) is 41.8 Å². The minimum atomic E-state index is 0.182. The molecule has 0 radical (unpaired) electrons. The van der Waals surface area contributed by atoms with Gasteiger partial charge in [-0.15, -0.1) is 0 Å². The number of morpholine rings is 1. The van der Waals surface area contributed by atoms with Crippen molar-refractivity contribution in [3.05, 3.63) is 0 Å². The molecule has 0 aliphatic carbocycles. The molecule has 2 fully saturated rings. The summed E-state index contributed by atoms with van der Waals surface area (Å²) in [4.78, 5) is 17.7. The van der Waals surface area contributed by atoms with E-state index in [9.17, 15) is 0 Å². The van der Waals surface area contributed by atoms with Crippen LogP contribution < -0.4 is 15.5 Å². The van der Waals surface area contributed by atoms with Crippen LogP contribution in [-0.2, 0) is 4.74 Å². The highest BCUT2D eigenvalue weighted by Gasteiger charge is 2.29. The topological polar surface area (TPSA) is 80.4 Å². The second-order valence-electron chi connectivity index (χ2n) is 5.85. The van der Waals surface area contributed by atoms with Gasteiger partial charge in [0.1, 0.15) is 0 Å². The first-order valence-electron chi connectivity index (χ1n) is 7.82. The van der Waals surface area contributed by atoms with E-state index < -0.39 is 0 Å². The Hall–Kier alpha value is -1.63. The Balaban J connectivity index is 1.89. The van der Waals surface area contributed by atoms with Crippen LogP contribution in [0.4, 0.5) is 17.8 Å². The van der Waals surface area contributed by atoms with Crippen LogP contribution in [0.2, 0.25) is 0 Å². The maximum atomic E-state index is 5.91. The third kappa shape index (κ3) is 3.02. The van der Waals surface area contributed by atoms with Crippen LogP contribution in [0.25, 0.3) is 0 Å². The maximum Gasteiger partial charge on any atom is 0.232 e. The molecule has 1 aromatic heterocycles. The minimum absolute atomic E-state index is 0.182. The van der Waals surface area contributed by atoms with Crippen molar-refractivity contribution >= 4 is 17.8 Å². The van der Waals surface area contributed by atoms with Gasteiger partial charge in [-0.3, -0.25) is 0 Å². The normalized spacial score (nSPS) is 26.4. The van der Waals surface area contributed by atoms with Gasteiger partial charge in [-0.25, -0.2) is 0 Å². The standard InChI is InChI=1S/C14H24N6O/c1-3-11-9-21-10(2)8-20(11)14-17-12(15)16-13(18-14)19-6-4-5-7-19/h10-11H,3-9H2,1-2H3,(H2,15,16,17,18). The van der Waals surface area contributed by atoms with Crippen LogP contribution in [0.1, 0.15) is 33.1 Å². The fourth-order valence-electron chi connectivity index (χ4n) is 2.98. The molecular formula is C14H24N6O. The average Bonchev–Trinajstić information content (AvgIpc) is 3.01. The summed E-state index contributed by atoms with van der Waals surface area (Å²) in [5.41, 5.74) is 5.91. The quantitative estimate of drug-likeness (QED) is 0.892. The summed E-state index contributed by atoms with van der Waals surface area (Å²) in [5, 5.41) is 0. The zero-order valence-corrected chi connectivity index (χ0v) is 12.8. The minimum Gasteiger partial charge on any atom is -0.375 e. The lowest BCUT2D eigenvalue weighted by atomic mass is 10.1. The van der Waals surface area contributed by atoms with Crippen molar-refractivity contribution in [3.63, 3.8) is 0 Å². The van der Waals surface area contributed by atoms with Gasteiger partial charge in [0.25, 0.3) is 0 Å². The molecule has 3 heterocycles. The number of ether oxygens (including phenoxy) is 1. The molecule has 116 valence electrons. The van der Waals surface area contributed by atoms with Crippen LogP contribution in [0.5, 0.6) is 0 Å². The Morgan fingerprint density at radius 1 is 1.19 bits per heavy atom. The van der Waals surface area contributed by atoms with E-state index >= 15 is 0 Å². The monoisotopic (exact) mass is 292 g/mol. The van der Waals surface area contributed by atoms with Gasteiger partial charge in [0.15, 0.2) is 0 Å². The Kier molecular flexibility index (Phi) is 4.10. The maximum absolute atomic E-state index is 5.91. The number of nitrogens with zero attached hydrogens (tertiary/aromatic N) is 5. The van der Waals surface area contributed by atoms with E-state index in [1.54, 1.807) is 0 Å². The molecule has 2 aliphatic rings. The van der Waals surface area contributed by atoms with Gasteiger partial charge in [-0.1, -0.05) is 6.92 Å². The average molecular weight is 292 g/mol. The number of anilines is 3. The number of aromatic nitrogens is 3. The van der Waals surface area contributed by atoms with E-state index in [1.165, 1.54) is 12.8 Å². The van der Waals surface area contributed by atoms with Gasteiger partial charge in [0, 0.05) is 19.6 Å². The predicted octanol–water partition coefficient (Wildman–Crippen LogP) is 1.06. The first-order chi connectivity index (χ1) is 10.2. The summed E-state index contributed by atoms with van der Waals surface area (Å²) in [6, 6.07) is 0.300. The van der Waals surface area contributed by atoms with Gasteiger partial charge >= 0.3 is 0 Å². The molecular weight excluding hydrogens is 268 g/mol. The van der Waals surface area contributed by atoms with E-state index in [1.807, 2.05) is 0 Å². The first-order valence-corrected chi connectivity index (χ1v) is 7.82. The molecule has 0 saturated carbocycles. The van der Waals surface area contributed by atoms with Gasteiger partial charge in [-0.05, 0) is 26.2 Å². The molecule has 0 aromatic carbocycles. The number of nitrogen functional groups attached to an aromatic ring is 1. The molecule has 2 aliphatic heterocycles. The molecule has 2 unspecified atom stereocenters. The van der Waals surface area contributed by atoms with E-state index in [-0.39, 0.29) is 6.10 Å². The van der Waals surface area contributed by atoms with E-state index in [2.05, 4.69) is 38.6 Å². The van der Waals surface area contributed by atoms with Crippen LogP contribution in [0.3, 0.4) is 0 Å². The predicted molar refractivity (Wildman–Crippen MR) is 82.5 cm³/mol. The number of hydrogen-bond donors (Lipinski definition) is 1. The number of hydrogen-bond acceptors (Lipinski definition) is 7.